The molecule has 1 amide bonds. The largest absolute Gasteiger partial charge is 0.494 e. The molecule has 2 rings (SSSR count). The van der Waals surface area contributed by atoms with Crippen molar-refractivity contribution in [3.8, 4) is 17.0 Å². The van der Waals surface area contributed by atoms with E-state index in [4.69, 9.17) is 21.1 Å². The Kier molecular flexibility index (Phi) is 6.58. The van der Waals surface area contributed by atoms with Gasteiger partial charge >= 0.3 is 6.09 Å². The summed E-state index contributed by atoms with van der Waals surface area (Å²) in [5.41, 5.74) is 1.20. The number of carbonyl (C=O) groups excluding carboxylic acids is 1. The second-order valence-electron chi connectivity index (χ2n) is 6.37. The quantitative estimate of drug-likeness (QED) is 0.618. The topological polar surface area (TPSA) is 73.3 Å². The average Bonchev–Trinajstić information content (AvgIpc) is 2.53. The molecule has 7 heteroatoms. The fraction of sp³-hybridized carbons (Fsp3) is 0.389. The molecule has 2 aromatic rings. The molecular weight excluding hydrogens is 342 g/mol. The van der Waals surface area contributed by atoms with E-state index in [9.17, 15) is 4.79 Å². The number of rotatable bonds is 6. The van der Waals surface area contributed by atoms with Gasteiger partial charge in [-0.1, -0.05) is 0 Å². The normalized spacial score (nSPS) is 11.0. The van der Waals surface area contributed by atoms with Crippen molar-refractivity contribution >= 4 is 17.7 Å². The van der Waals surface area contributed by atoms with E-state index < -0.39 is 11.7 Å². The van der Waals surface area contributed by atoms with Crippen LogP contribution in [0.2, 0.25) is 5.28 Å². The molecule has 6 nitrogen and oxygen atoms in total. The molecule has 0 unspecified atom stereocenters. The fourth-order valence-electron chi connectivity index (χ4n) is 1.98. The molecule has 0 saturated heterocycles. The third-order valence-corrected chi connectivity index (χ3v) is 3.22. The Morgan fingerprint density at radius 3 is 2.56 bits per heavy atom. The van der Waals surface area contributed by atoms with E-state index >= 15 is 0 Å². The van der Waals surface area contributed by atoms with E-state index in [-0.39, 0.29) is 5.28 Å². The first kappa shape index (κ1) is 19.0. The third kappa shape index (κ3) is 6.97. The zero-order valence-corrected chi connectivity index (χ0v) is 15.3. The predicted octanol–water partition coefficient (Wildman–Crippen LogP) is 4.09. The first-order valence-corrected chi connectivity index (χ1v) is 8.40. The smallest absolute Gasteiger partial charge is 0.407 e. The molecule has 0 saturated carbocycles. The van der Waals surface area contributed by atoms with Crippen molar-refractivity contribution in [3.05, 3.63) is 41.8 Å². The molecule has 1 aromatic carbocycles. The number of halogens is 1. The maximum atomic E-state index is 11.5. The van der Waals surface area contributed by atoms with E-state index in [1.165, 1.54) is 0 Å². The molecule has 0 aliphatic rings. The molecule has 0 radical (unpaired) electrons. The first-order chi connectivity index (χ1) is 11.8. The SMILES string of the molecule is CC(C)(C)OC(=O)NCCCOc1ccc(-c2ccnc(Cl)n2)cc1. The van der Waals surface area contributed by atoms with Gasteiger partial charge in [0.15, 0.2) is 0 Å². The number of hydrogen-bond acceptors (Lipinski definition) is 5. The highest BCUT2D eigenvalue weighted by molar-refractivity contribution is 6.28. The van der Waals surface area contributed by atoms with Gasteiger partial charge < -0.3 is 14.8 Å². The Labute approximate surface area is 152 Å². The minimum Gasteiger partial charge on any atom is -0.494 e. The summed E-state index contributed by atoms with van der Waals surface area (Å²) in [5.74, 6) is 0.751. The molecule has 0 aliphatic carbocycles. The maximum Gasteiger partial charge on any atom is 0.407 e. The van der Waals surface area contributed by atoms with Gasteiger partial charge in [0.2, 0.25) is 5.28 Å². The molecule has 1 aromatic heterocycles. The molecule has 0 atom stereocenters. The van der Waals surface area contributed by atoms with Crippen molar-refractivity contribution in [2.24, 2.45) is 0 Å². The van der Waals surface area contributed by atoms with Crippen LogP contribution in [0.15, 0.2) is 36.5 Å². The second-order valence-corrected chi connectivity index (χ2v) is 6.70. The van der Waals surface area contributed by atoms with Crippen LogP contribution in [-0.2, 0) is 4.74 Å². The lowest BCUT2D eigenvalue weighted by Crippen LogP contribution is -2.33. The molecule has 25 heavy (non-hydrogen) atoms. The van der Waals surface area contributed by atoms with Gasteiger partial charge in [0.25, 0.3) is 0 Å². The van der Waals surface area contributed by atoms with E-state index in [1.54, 1.807) is 12.3 Å². The number of nitrogens with zero attached hydrogens (tertiary/aromatic N) is 2. The van der Waals surface area contributed by atoms with Gasteiger partial charge in [-0.05, 0) is 69.1 Å². The van der Waals surface area contributed by atoms with Gasteiger partial charge in [-0.2, -0.15) is 0 Å². The number of hydrogen-bond donors (Lipinski definition) is 1. The number of aromatic nitrogens is 2. The monoisotopic (exact) mass is 363 g/mol. The van der Waals surface area contributed by atoms with Crippen LogP contribution in [0.3, 0.4) is 0 Å². The van der Waals surface area contributed by atoms with Crippen molar-refractivity contribution in [3.63, 3.8) is 0 Å². The summed E-state index contributed by atoms with van der Waals surface area (Å²) in [6.45, 7) is 6.47. The van der Waals surface area contributed by atoms with Crippen LogP contribution in [0.1, 0.15) is 27.2 Å². The lowest BCUT2D eigenvalue weighted by molar-refractivity contribution is 0.0525. The maximum absolute atomic E-state index is 11.5. The highest BCUT2D eigenvalue weighted by atomic mass is 35.5. The number of ether oxygens (including phenoxy) is 2. The third-order valence-electron chi connectivity index (χ3n) is 3.03. The van der Waals surface area contributed by atoms with Crippen LogP contribution in [0.5, 0.6) is 5.75 Å². The van der Waals surface area contributed by atoms with Crippen molar-refractivity contribution in [2.75, 3.05) is 13.2 Å². The van der Waals surface area contributed by atoms with Crippen molar-refractivity contribution in [1.29, 1.82) is 0 Å². The Morgan fingerprint density at radius 2 is 1.92 bits per heavy atom. The number of carbonyl (C=O) groups is 1. The van der Waals surface area contributed by atoms with Crippen LogP contribution < -0.4 is 10.1 Å². The van der Waals surface area contributed by atoms with Crippen LogP contribution in [0, 0.1) is 0 Å². The highest BCUT2D eigenvalue weighted by Crippen LogP contribution is 2.21. The van der Waals surface area contributed by atoms with E-state index in [0.717, 1.165) is 17.0 Å². The van der Waals surface area contributed by atoms with Crippen molar-refractivity contribution in [2.45, 2.75) is 32.8 Å². The fourth-order valence-corrected chi connectivity index (χ4v) is 2.13. The van der Waals surface area contributed by atoms with Gasteiger partial charge in [0, 0.05) is 18.3 Å². The molecule has 0 aliphatic heterocycles. The average molecular weight is 364 g/mol. The molecule has 1 heterocycles. The van der Waals surface area contributed by atoms with Gasteiger partial charge in [0.1, 0.15) is 11.4 Å². The number of amides is 1. The van der Waals surface area contributed by atoms with Gasteiger partial charge in [0.05, 0.1) is 12.3 Å². The lowest BCUT2D eigenvalue weighted by atomic mass is 10.1. The molecule has 134 valence electrons. The summed E-state index contributed by atoms with van der Waals surface area (Å²) >= 11 is 5.80. The summed E-state index contributed by atoms with van der Waals surface area (Å²) in [7, 11) is 0. The van der Waals surface area contributed by atoms with Crippen LogP contribution >= 0.6 is 11.6 Å². The zero-order chi connectivity index (χ0) is 18.3. The number of alkyl carbamates (subject to hydrolysis) is 1. The summed E-state index contributed by atoms with van der Waals surface area (Å²) in [5, 5.41) is 2.91. The summed E-state index contributed by atoms with van der Waals surface area (Å²) < 4.78 is 10.8. The van der Waals surface area contributed by atoms with Crippen LogP contribution in [0.4, 0.5) is 4.79 Å². The van der Waals surface area contributed by atoms with Crippen LogP contribution in [-0.4, -0.2) is 34.8 Å². The van der Waals surface area contributed by atoms with Gasteiger partial charge in [-0.3, -0.25) is 0 Å². The Hall–Kier alpha value is -2.34. The van der Waals surface area contributed by atoms with Gasteiger partial charge in [-0.25, -0.2) is 14.8 Å². The Balaban J connectivity index is 1.72. The molecule has 0 fully saturated rings. The lowest BCUT2D eigenvalue weighted by Gasteiger charge is -2.19. The molecule has 1 N–H and O–H groups in total. The van der Waals surface area contributed by atoms with E-state index in [2.05, 4.69) is 15.3 Å². The van der Waals surface area contributed by atoms with Gasteiger partial charge in [-0.15, -0.1) is 0 Å². The first-order valence-electron chi connectivity index (χ1n) is 8.02. The number of nitrogens with one attached hydrogen (secondary N) is 1. The summed E-state index contributed by atoms with van der Waals surface area (Å²) in [4.78, 5) is 19.5. The minimum atomic E-state index is -0.490. The zero-order valence-electron chi connectivity index (χ0n) is 14.6. The highest BCUT2D eigenvalue weighted by Gasteiger charge is 2.15. The molecular formula is C18H22ClN3O3. The number of benzene rings is 1. The standard InChI is InChI=1S/C18H22ClN3O3/c1-18(2,3)25-17(23)21-10-4-12-24-14-7-5-13(6-8-14)15-9-11-20-16(19)22-15/h5-9,11H,4,10,12H2,1-3H3,(H,21,23). The molecule has 0 spiro atoms. The Morgan fingerprint density at radius 1 is 1.20 bits per heavy atom. The Bertz CT molecular complexity index is 699. The summed E-state index contributed by atoms with van der Waals surface area (Å²) in [6, 6.07) is 9.35. The van der Waals surface area contributed by atoms with Crippen molar-refractivity contribution in [1.82, 2.24) is 15.3 Å². The second kappa shape index (κ2) is 8.67. The minimum absolute atomic E-state index is 0.218. The van der Waals surface area contributed by atoms with E-state index in [1.807, 2.05) is 45.0 Å². The predicted molar refractivity (Wildman–Crippen MR) is 96.8 cm³/mol. The van der Waals surface area contributed by atoms with Crippen molar-refractivity contribution < 1.29 is 14.3 Å². The summed E-state index contributed by atoms with van der Waals surface area (Å²) in [6.07, 6.45) is 1.88. The molecule has 0 bridgehead atoms. The van der Waals surface area contributed by atoms with E-state index in [0.29, 0.717) is 19.6 Å². The van der Waals surface area contributed by atoms with Crippen LogP contribution in [0.25, 0.3) is 11.3 Å².